The van der Waals surface area contributed by atoms with Crippen molar-refractivity contribution in [3.63, 3.8) is 0 Å². The van der Waals surface area contributed by atoms with Crippen molar-refractivity contribution in [2.45, 2.75) is 47.0 Å². The van der Waals surface area contributed by atoms with E-state index in [0.29, 0.717) is 22.8 Å². The van der Waals surface area contributed by atoms with E-state index in [1.165, 1.54) is 29.0 Å². The summed E-state index contributed by atoms with van der Waals surface area (Å²) in [5.74, 6) is 0.457. The first-order valence-corrected chi connectivity index (χ1v) is 8.79. The largest absolute Gasteiger partial charge is 0.462 e. The van der Waals surface area contributed by atoms with Gasteiger partial charge in [-0.2, -0.15) is 0 Å². The van der Waals surface area contributed by atoms with Gasteiger partial charge >= 0.3 is 5.97 Å². The van der Waals surface area contributed by atoms with Crippen LogP contribution in [-0.2, 0) is 17.6 Å². The number of pyridine rings is 1. The number of esters is 1. The second kappa shape index (κ2) is 5.65. The SMILES string of the molecule is CCOC(=O)c1cc2cc3c(nc2s1)CCC(C(C)(C)C)C3. The Morgan fingerprint density at radius 2 is 2.18 bits per heavy atom. The number of fused-ring (bicyclic) bond motifs is 2. The molecule has 0 aliphatic heterocycles. The van der Waals surface area contributed by atoms with Crippen LogP contribution in [0.4, 0.5) is 0 Å². The highest BCUT2D eigenvalue weighted by atomic mass is 32.1. The van der Waals surface area contributed by atoms with Crippen molar-refractivity contribution in [3.8, 4) is 0 Å². The van der Waals surface area contributed by atoms with Crippen LogP contribution in [0.5, 0.6) is 0 Å². The number of carbonyl (C=O) groups is 1. The number of nitrogens with zero attached hydrogens (tertiary/aromatic N) is 1. The average Bonchev–Trinajstić information content (AvgIpc) is 2.86. The minimum absolute atomic E-state index is 0.240. The van der Waals surface area contributed by atoms with Gasteiger partial charge < -0.3 is 4.74 Å². The van der Waals surface area contributed by atoms with Crippen molar-refractivity contribution in [2.24, 2.45) is 11.3 Å². The summed E-state index contributed by atoms with van der Waals surface area (Å²) in [5, 5.41) is 1.07. The van der Waals surface area contributed by atoms with Crippen molar-refractivity contribution in [2.75, 3.05) is 6.61 Å². The monoisotopic (exact) mass is 317 g/mol. The van der Waals surface area contributed by atoms with Crippen LogP contribution in [0.15, 0.2) is 12.1 Å². The van der Waals surface area contributed by atoms with E-state index in [1.807, 2.05) is 13.0 Å². The molecule has 22 heavy (non-hydrogen) atoms. The third-order valence-corrected chi connectivity index (χ3v) is 5.60. The quantitative estimate of drug-likeness (QED) is 0.758. The molecule has 2 aromatic rings. The average molecular weight is 317 g/mol. The molecule has 118 valence electrons. The van der Waals surface area contributed by atoms with Crippen molar-refractivity contribution in [1.82, 2.24) is 4.98 Å². The van der Waals surface area contributed by atoms with Crippen molar-refractivity contribution in [1.29, 1.82) is 0 Å². The van der Waals surface area contributed by atoms with Crippen LogP contribution in [0, 0.1) is 11.3 Å². The molecule has 0 saturated carbocycles. The van der Waals surface area contributed by atoms with Crippen LogP contribution >= 0.6 is 11.3 Å². The van der Waals surface area contributed by atoms with Crippen molar-refractivity contribution >= 4 is 27.5 Å². The Labute approximate surface area is 135 Å². The molecule has 0 spiro atoms. The van der Waals surface area contributed by atoms with Gasteiger partial charge in [0.15, 0.2) is 0 Å². The fourth-order valence-electron chi connectivity index (χ4n) is 3.17. The summed E-state index contributed by atoms with van der Waals surface area (Å²) < 4.78 is 5.09. The molecule has 0 aromatic carbocycles. The van der Waals surface area contributed by atoms with E-state index in [0.717, 1.165) is 23.1 Å². The summed E-state index contributed by atoms with van der Waals surface area (Å²) in [7, 11) is 0. The molecule has 1 aliphatic carbocycles. The number of aromatic nitrogens is 1. The van der Waals surface area contributed by atoms with Crippen molar-refractivity contribution < 1.29 is 9.53 Å². The fourth-order valence-corrected chi connectivity index (χ4v) is 4.09. The summed E-state index contributed by atoms with van der Waals surface area (Å²) in [6.45, 7) is 9.19. The topological polar surface area (TPSA) is 39.2 Å². The molecule has 1 unspecified atom stereocenters. The molecule has 3 nitrogen and oxygen atoms in total. The molecule has 0 amide bonds. The Morgan fingerprint density at radius 3 is 2.86 bits per heavy atom. The van der Waals surface area contributed by atoms with E-state index >= 15 is 0 Å². The second-order valence-electron chi connectivity index (χ2n) is 7.13. The zero-order chi connectivity index (χ0) is 15.9. The lowest BCUT2D eigenvalue weighted by atomic mass is 9.71. The first kappa shape index (κ1) is 15.5. The number of thiophene rings is 1. The van der Waals surface area contributed by atoms with E-state index in [2.05, 4.69) is 26.8 Å². The molecule has 2 aromatic heterocycles. The summed E-state index contributed by atoms with van der Waals surface area (Å²) in [5.41, 5.74) is 2.90. The zero-order valence-electron chi connectivity index (χ0n) is 13.7. The van der Waals surface area contributed by atoms with Gasteiger partial charge in [0.25, 0.3) is 0 Å². The van der Waals surface area contributed by atoms with Gasteiger partial charge in [-0.25, -0.2) is 9.78 Å². The van der Waals surface area contributed by atoms with E-state index in [4.69, 9.17) is 9.72 Å². The van der Waals surface area contributed by atoms with Gasteiger partial charge in [0.1, 0.15) is 9.71 Å². The Morgan fingerprint density at radius 1 is 1.41 bits per heavy atom. The molecule has 0 bridgehead atoms. The number of rotatable bonds is 2. The van der Waals surface area contributed by atoms with Crippen LogP contribution in [0.25, 0.3) is 10.2 Å². The van der Waals surface area contributed by atoms with Crippen molar-refractivity contribution in [3.05, 3.63) is 28.3 Å². The van der Waals surface area contributed by atoms with Gasteiger partial charge in [-0.05, 0) is 55.2 Å². The first-order valence-electron chi connectivity index (χ1n) is 7.98. The predicted octanol–water partition coefficient (Wildman–Crippen LogP) is 4.62. The number of ether oxygens (including phenoxy) is 1. The van der Waals surface area contributed by atoms with Gasteiger partial charge in [-0.15, -0.1) is 11.3 Å². The summed E-state index contributed by atoms with van der Waals surface area (Å²) in [6.07, 6.45) is 3.33. The van der Waals surface area contributed by atoms with E-state index in [-0.39, 0.29) is 5.97 Å². The van der Waals surface area contributed by atoms with E-state index in [1.54, 1.807) is 0 Å². The minimum Gasteiger partial charge on any atom is -0.462 e. The van der Waals surface area contributed by atoms with E-state index < -0.39 is 0 Å². The molecule has 0 saturated heterocycles. The Hall–Kier alpha value is -1.42. The number of carbonyl (C=O) groups excluding carboxylic acids is 1. The lowest BCUT2D eigenvalue weighted by Crippen LogP contribution is -2.27. The third-order valence-electron chi connectivity index (χ3n) is 4.57. The summed E-state index contributed by atoms with van der Waals surface area (Å²) >= 11 is 1.44. The molecule has 3 rings (SSSR count). The molecule has 2 heterocycles. The molecule has 0 radical (unpaired) electrons. The molecule has 4 heteroatoms. The van der Waals surface area contributed by atoms with Crippen LogP contribution < -0.4 is 0 Å². The normalized spacial score (nSPS) is 18.3. The predicted molar refractivity (Wildman–Crippen MR) is 90.5 cm³/mol. The minimum atomic E-state index is -0.240. The van der Waals surface area contributed by atoms with Crippen LogP contribution in [0.2, 0.25) is 0 Å². The number of hydrogen-bond acceptors (Lipinski definition) is 4. The maximum Gasteiger partial charge on any atom is 0.348 e. The summed E-state index contributed by atoms with van der Waals surface area (Å²) in [6, 6.07) is 4.15. The molecule has 0 N–H and O–H groups in total. The smallest absolute Gasteiger partial charge is 0.348 e. The van der Waals surface area contributed by atoms with Gasteiger partial charge in [0.05, 0.1) is 6.61 Å². The molecular weight excluding hydrogens is 294 g/mol. The Kier molecular flexibility index (Phi) is 3.98. The van der Waals surface area contributed by atoms with Gasteiger partial charge in [-0.1, -0.05) is 20.8 Å². The van der Waals surface area contributed by atoms with Gasteiger partial charge in [-0.3, -0.25) is 0 Å². The lowest BCUT2D eigenvalue weighted by molar-refractivity contribution is 0.0532. The maximum atomic E-state index is 11.9. The highest BCUT2D eigenvalue weighted by Crippen LogP contribution is 2.38. The van der Waals surface area contributed by atoms with Crippen LogP contribution in [0.3, 0.4) is 0 Å². The Bertz CT molecular complexity index is 712. The van der Waals surface area contributed by atoms with E-state index in [9.17, 15) is 4.79 Å². The highest BCUT2D eigenvalue weighted by molar-refractivity contribution is 7.20. The lowest BCUT2D eigenvalue weighted by Gasteiger charge is -2.34. The van der Waals surface area contributed by atoms with Gasteiger partial charge in [0, 0.05) is 11.1 Å². The van der Waals surface area contributed by atoms with Crippen LogP contribution in [-0.4, -0.2) is 17.6 Å². The van der Waals surface area contributed by atoms with Gasteiger partial charge in [0.2, 0.25) is 0 Å². The third kappa shape index (κ3) is 2.89. The highest BCUT2D eigenvalue weighted by Gasteiger charge is 2.29. The number of aryl methyl sites for hydroxylation is 1. The molecule has 1 atom stereocenters. The first-order chi connectivity index (χ1) is 10.4. The van der Waals surface area contributed by atoms with Crippen LogP contribution in [0.1, 0.15) is 55.0 Å². The number of hydrogen-bond donors (Lipinski definition) is 0. The standard InChI is InChI=1S/C18H23NO2S/c1-5-21-17(20)15-10-12-8-11-9-13(18(2,3)4)6-7-14(11)19-16(12)22-15/h8,10,13H,5-7,9H2,1-4H3. The second-order valence-corrected chi connectivity index (χ2v) is 8.16. The summed E-state index contributed by atoms with van der Waals surface area (Å²) in [4.78, 5) is 18.3. The molecular formula is C18H23NO2S. The molecule has 0 fully saturated rings. The molecule has 1 aliphatic rings. The maximum absolute atomic E-state index is 11.9. The zero-order valence-corrected chi connectivity index (χ0v) is 14.5. The fraction of sp³-hybridized carbons (Fsp3) is 0.556. The Balaban J connectivity index is 1.95.